The highest BCUT2D eigenvalue weighted by Crippen LogP contribution is 2.10. The maximum Gasteiger partial charge on any atom is 0.0843 e. The summed E-state index contributed by atoms with van der Waals surface area (Å²) >= 11 is 6.28. The van der Waals surface area contributed by atoms with Crippen LogP contribution >= 0.6 is 24.0 Å². The minimum absolute atomic E-state index is 0.0260. The largest absolute Gasteiger partial charge is 0.394 e. The summed E-state index contributed by atoms with van der Waals surface area (Å²) in [5.41, 5.74) is 0. The van der Waals surface area contributed by atoms with Gasteiger partial charge in [-0.1, -0.05) is 26.1 Å². The number of rotatable bonds is 3. The molecule has 0 unspecified atom stereocenters. The van der Waals surface area contributed by atoms with Gasteiger partial charge in [0.15, 0.2) is 0 Å². The minimum atomic E-state index is -0.125. The van der Waals surface area contributed by atoms with Crippen molar-refractivity contribution in [2.24, 2.45) is 0 Å². The summed E-state index contributed by atoms with van der Waals surface area (Å²) < 4.78 is 0.681. The molecule has 0 aliphatic carbocycles. The van der Waals surface area contributed by atoms with Gasteiger partial charge in [-0.25, -0.2) is 0 Å². The Morgan fingerprint density at radius 2 is 1.67 bits per heavy atom. The Balaban J connectivity index is 0. The SMILES string of the molecule is CC(C)SC(=S)CO.OCCO. The molecule has 0 saturated heterocycles. The zero-order chi connectivity index (χ0) is 9.98. The molecule has 0 saturated carbocycles. The van der Waals surface area contributed by atoms with Crippen molar-refractivity contribution in [2.45, 2.75) is 19.1 Å². The molecule has 0 aromatic heterocycles. The van der Waals surface area contributed by atoms with Gasteiger partial charge in [0.2, 0.25) is 0 Å². The number of aliphatic hydroxyl groups is 3. The first-order valence-corrected chi connectivity index (χ1v) is 4.89. The second-order valence-corrected chi connectivity index (χ2v) is 4.57. The molecule has 0 atom stereocenters. The summed E-state index contributed by atoms with van der Waals surface area (Å²) in [7, 11) is 0. The number of aliphatic hydroxyl groups excluding tert-OH is 3. The topological polar surface area (TPSA) is 60.7 Å². The van der Waals surface area contributed by atoms with E-state index in [1.165, 1.54) is 11.8 Å². The number of thioether (sulfide) groups is 1. The molecule has 74 valence electrons. The molecule has 0 fully saturated rings. The molecule has 0 aliphatic rings. The van der Waals surface area contributed by atoms with Crippen molar-refractivity contribution in [3.8, 4) is 0 Å². The van der Waals surface area contributed by atoms with Crippen LogP contribution in [0.1, 0.15) is 13.8 Å². The maximum atomic E-state index is 8.42. The molecule has 0 spiro atoms. The van der Waals surface area contributed by atoms with Gasteiger partial charge in [-0.2, -0.15) is 0 Å². The number of thiocarbonyl (C=S) groups is 1. The fourth-order valence-corrected chi connectivity index (χ4v) is 1.48. The second-order valence-electron chi connectivity index (χ2n) is 2.14. The summed E-state index contributed by atoms with van der Waals surface area (Å²) in [5.74, 6) is 0. The van der Waals surface area contributed by atoms with Crippen LogP contribution < -0.4 is 0 Å². The molecule has 0 heterocycles. The van der Waals surface area contributed by atoms with E-state index in [1.54, 1.807) is 0 Å². The maximum absolute atomic E-state index is 8.42. The van der Waals surface area contributed by atoms with E-state index in [0.29, 0.717) is 9.45 Å². The van der Waals surface area contributed by atoms with Crippen molar-refractivity contribution in [1.82, 2.24) is 0 Å². The number of hydrogen-bond acceptors (Lipinski definition) is 5. The zero-order valence-corrected chi connectivity index (χ0v) is 8.99. The molecule has 5 heteroatoms. The van der Waals surface area contributed by atoms with Gasteiger partial charge in [-0.05, 0) is 0 Å². The molecule has 0 aliphatic heterocycles. The van der Waals surface area contributed by atoms with E-state index in [2.05, 4.69) is 0 Å². The van der Waals surface area contributed by atoms with Crippen LogP contribution in [-0.4, -0.2) is 44.6 Å². The van der Waals surface area contributed by atoms with Crippen molar-refractivity contribution in [2.75, 3.05) is 19.8 Å². The van der Waals surface area contributed by atoms with E-state index in [1.807, 2.05) is 13.8 Å². The first-order valence-electron chi connectivity index (χ1n) is 3.60. The van der Waals surface area contributed by atoms with Crippen LogP contribution in [0.3, 0.4) is 0 Å². The highest BCUT2D eigenvalue weighted by Gasteiger charge is 1.97. The molecular weight excluding hydrogens is 196 g/mol. The third-order valence-corrected chi connectivity index (χ3v) is 1.88. The summed E-state index contributed by atoms with van der Waals surface area (Å²) in [4.78, 5) is 0. The summed E-state index contributed by atoms with van der Waals surface area (Å²) in [6, 6.07) is 0. The predicted molar refractivity (Wildman–Crippen MR) is 56.6 cm³/mol. The van der Waals surface area contributed by atoms with Gasteiger partial charge in [0.05, 0.1) is 24.0 Å². The van der Waals surface area contributed by atoms with E-state index < -0.39 is 0 Å². The summed E-state index contributed by atoms with van der Waals surface area (Å²) in [6.45, 7) is 3.87. The van der Waals surface area contributed by atoms with E-state index in [-0.39, 0.29) is 19.8 Å². The smallest absolute Gasteiger partial charge is 0.0843 e. The fraction of sp³-hybridized carbons (Fsp3) is 0.857. The van der Waals surface area contributed by atoms with Gasteiger partial charge < -0.3 is 15.3 Å². The lowest BCUT2D eigenvalue weighted by Crippen LogP contribution is -1.99. The Morgan fingerprint density at radius 1 is 1.25 bits per heavy atom. The lowest BCUT2D eigenvalue weighted by Gasteiger charge is -2.00. The fourth-order valence-electron chi connectivity index (χ4n) is 0.300. The molecule has 0 rings (SSSR count). The lowest BCUT2D eigenvalue weighted by atomic mass is 10.6. The molecule has 3 nitrogen and oxygen atoms in total. The summed E-state index contributed by atoms with van der Waals surface area (Å²) in [5, 5.41) is 24.2. The molecule has 0 amide bonds. The van der Waals surface area contributed by atoms with Gasteiger partial charge in [0.1, 0.15) is 0 Å². The average Bonchev–Trinajstić information content (AvgIpc) is 2.04. The van der Waals surface area contributed by atoms with Crippen LogP contribution in [0, 0.1) is 0 Å². The molecule has 0 radical (unpaired) electrons. The Bertz CT molecular complexity index is 105. The third-order valence-electron chi connectivity index (χ3n) is 0.596. The van der Waals surface area contributed by atoms with Crippen LogP contribution in [0.5, 0.6) is 0 Å². The zero-order valence-electron chi connectivity index (χ0n) is 7.36. The summed E-state index contributed by atoms with van der Waals surface area (Å²) in [6.07, 6.45) is 0. The Hall–Kier alpha value is 0.320. The predicted octanol–water partition coefficient (Wildman–Crippen LogP) is 0.419. The van der Waals surface area contributed by atoms with Gasteiger partial charge in [0.25, 0.3) is 0 Å². The van der Waals surface area contributed by atoms with Gasteiger partial charge in [-0.3, -0.25) is 0 Å². The van der Waals surface area contributed by atoms with Crippen LogP contribution in [0.2, 0.25) is 0 Å². The average molecular weight is 212 g/mol. The monoisotopic (exact) mass is 212 g/mol. The highest BCUT2D eigenvalue weighted by molar-refractivity contribution is 8.23. The quantitative estimate of drug-likeness (QED) is 0.592. The molecule has 0 bridgehead atoms. The Kier molecular flexibility index (Phi) is 14.0. The van der Waals surface area contributed by atoms with Crippen LogP contribution in [-0.2, 0) is 0 Å². The van der Waals surface area contributed by atoms with E-state index in [0.717, 1.165) is 0 Å². The number of hydrogen-bond donors (Lipinski definition) is 3. The third kappa shape index (κ3) is 16.7. The van der Waals surface area contributed by atoms with E-state index >= 15 is 0 Å². The normalized spacial score (nSPS) is 9.17. The first kappa shape index (κ1) is 14.8. The van der Waals surface area contributed by atoms with Gasteiger partial charge >= 0.3 is 0 Å². The van der Waals surface area contributed by atoms with Crippen LogP contribution in [0.15, 0.2) is 0 Å². The van der Waals surface area contributed by atoms with Crippen molar-refractivity contribution in [3.05, 3.63) is 0 Å². The van der Waals surface area contributed by atoms with Crippen molar-refractivity contribution in [1.29, 1.82) is 0 Å². The Labute approximate surface area is 82.8 Å². The van der Waals surface area contributed by atoms with Gasteiger partial charge in [0, 0.05) is 5.25 Å². The van der Waals surface area contributed by atoms with E-state index in [4.69, 9.17) is 27.5 Å². The van der Waals surface area contributed by atoms with Crippen molar-refractivity contribution in [3.63, 3.8) is 0 Å². The molecule has 12 heavy (non-hydrogen) atoms. The molecular formula is C7H16O3S2. The van der Waals surface area contributed by atoms with Crippen LogP contribution in [0.25, 0.3) is 0 Å². The highest BCUT2D eigenvalue weighted by atomic mass is 32.2. The van der Waals surface area contributed by atoms with Gasteiger partial charge in [-0.15, -0.1) is 11.8 Å². The lowest BCUT2D eigenvalue weighted by molar-refractivity contribution is 0.186. The minimum Gasteiger partial charge on any atom is -0.394 e. The standard InChI is InChI=1S/C5H10OS2.C2H6O2/c1-4(2)8-5(7)3-6;3-1-2-4/h4,6H,3H2,1-2H3;3-4H,1-2H2. The van der Waals surface area contributed by atoms with Crippen LogP contribution in [0.4, 0.5) is 0 Å². The van der Waals surface area contributed by atoms with Crippen molar-refractivity contribution < 1.29 is 15.3 Å². The molecule has 0 aromatic rings. The molecule has 3 N–H and O–H groups in total. The molecule has 0 aromatic carbocycles. The first-order chi connectivity index (χ1) is 5.58. The Morgan fingerprint density at radius 3 is 1.75 bits per heavy atom. The second kappa shape index (κ2) is 11.3. The van der Waals surface area contributed by atoms with Crippen molar-refractivity contribution >= 4 is 28.2 Å². The van der Waals surface area contributed by atoms with E-state index in [9.17, 15) is 0 Å².